The third-order valence-corrected chi connectivity index (χ3v) is 7.22. The highest BCUT2D eigenvalue weighted by molar-refractivity contribution is 6.08. The molecule has 0 bridgehead atoms. The van der Waals surface area contributed by atoms with Gasteiger partial charge in [0.2, 0.25) is 0 Å². The number of benzene rings is 3. The van der Waals surface area contributed by atoms with Crippen LogP contribution in [0.25, 0.3) is 22.6 Å². The fourth-order valence-corrected chi connectivity index (χ4v) is 4.99. The zero-order valence-electron chi connectivity index (χ0n) is 23.1. The summed E-state index contributed by atoms with van der Waals surface area (Å²) in [5, 5.41) is 12.7. The molecule has 1 heterocycles. The highest BCUT2D eigenvalue weighted by atomic mass is 16.5. The number of allylic oxidation sites excluding steroid dienone is 1. The molecule has 1 aliphatic carbocycles. The minimum atomic E-state index is -1.07. The number of rotatable bonds is 5. The molecule has 1 N–H and O–H groups in total. The number of ether oxygens (including phenoxy) is 1. The summed E-state index contributed by atoms with van der Waals surface area (Å²) in [5.41, 5.74) is 6.98. The average Bonchev–Trinajstić information content (AvgIpc) is 3.33. The van der Waals surface area contributed by atoms with Crippen molar-refractivity contribution in [3.05, 3.63) is 106 Å². The van der Waals surface area contributed by atoms with E-state index in [1.165, 1.54) is 12.5 Å². The molecule has 0 unspecified atom stereocenters. The van der Waals surface area contributed by atoms with Crippen molar-refractivity contribution in [3.63, 3.8) is 0 Å². The van der Waals surface area contributed by atoms with Crippen molar-refractivity contribution in [2.24, 2.45) is 0 Å². The lowest BCUT2D eigenvalue weighted by molar-refractivity contribution is -0.123. The minimum absolute atomic E-state index is 0.0779. The third-order valence-electron chi connectivity index (χ3n) is 7.22. The quantitative estimate of drug-likeness (QED) is 0.279. The van der Waals surface area contributed by atoms with Crippen molar-refractivity contribution in [3.8, 4) is 6.07 Å². The Labute approximate surface area is 234 Å². The molecule has 0 aliphatic heterocycles. The third kappa shape index (κ3) is 5.37. The van der Waals surface area contributed by atoms with Crippen molar-refractivity contribution >= 4 is 40.1 Å². The smallest absolute Gasteiger partial charge is 0.339 e. The Balaban J connectivity index is 1.45. The number of fused-ring (bicyclic) bond motifs is 2. The van der Waals surface area contributed by atoms with Crippen molar-refractivity contribution in [1.82, 2.24) is 4.98 Å². The summed E-state index contributed by atoms with van der Waals surface area (Å²) in [6, 6.07) is 24.8. The van der Waals surface area contributed by atoms with Crippen LogP contribution in [-0.2, 0) is 21.4 Å². The van der Waals surface area contributed by atoms with E-state index in [-0.39, 0.29) is 5.41 Å². The highest BCUT2D eigenvalue weighted by Gasteiger charge is 2.29. The number of amides is 1. The van der Waals surface area contributed by atoms with Crippen molar-refractivity contribution < 1.29 is 14.3 Å². The summed E-state index contributed by atoms with van der Waals surface area (Å²) in [6.07, 6.45) is 2.47. The maximum Gasteiger partial charge on any atom is 0.339 e. The monoisotopic (exact) mass is 529 g/mol. The Morgan fingerprint density at radius 2 is 1.70 bits per heavy atom. The summed E-state index contributed by atoms with van der Waals surface area (Å²) in [6.45, 7) is 8.11. The van der Waals surface area contributed by atoms with Crippen LogP contribution in [0.4, 0.5) is 5.69 Å². The molecule has 40 heavy (non-hydrogen) atoms. The SMILES string of the molecule is C[C@H](OC(=O)c1c2c(nc3ccccc13)/C(=C/c1ccc(C(C)(C)C)cc1)CC2)C(=O)Nc1ccccc1C#N. The molecule has 0 radical (unpaired) electrons. The van der Waals surface area contributed by atoms with Gasteiger partial charge in [-0.1, -0.05) is 75.4 Å². The van der Waals surface area contributed by atoms with E-state index in [4.69, 9.17) is 9.72 Å². The molecule has 1 aliphatic rings. The van der Waals surface area contributed by atoms with E-state index in [1.807, 2.05) is 24.3 Å². The fraction of sp³-hybridized carbons (Fsp3) is 0.235. The van der Waals surface area contributed by atoms with Crippen LogP contribution in [0.2, 0.25) is 0 Å². The van der Waals surface area contributed by atoms with E-state index in [9.17, 15) is 14.9 Å². The first-order valence-corrected chi connectivity index (χ1v) is 13.4. The number of nitriles is 1. The van der Waals surface area contributed by atoms with Gasteiger partial charge in [-0.3, -0.25) is 4.79 Å². The topological polar surface area (TPSA) is 92.1 Å². The molecule has 0 spiro atoms. The van der Waals surface area contributed by atoms with Crippen LogP contribution < -0.4 is 5.32 Å². The number of pyridine rings is 1. The van der Waals surface area contributed by atoms with Gasteiger partial charge in [-0.25, -0.2) is 9.78 Å². The van der Waals surface area contributed by atoms with Crippen LogP contribution in [0.5, 0.6) is 0 Å². The zero-order valence-corrected chi connectivity index (χ0v) is 23.1. The number of aromatic nitrogens is 1. The molecule has 0 fully saturated rings. The lowest BCUT2D eigenvalue weighted by Crippen LogP contribution is -2.30. The summed E-state index contributed by atoms with van der Waals surface area (Å²) in [5.74, 6) is -1.08. The number of anilines is 1. The van der Waals surface area contributed by atoms with Crippen molar-refractivity contribution in [2.45, 2.75) is 52.1 Å². The zero-order chi connectivity index (χ0) is 28.4. The van der Waals surface area contributed by atoms with Crippen LogP contribution in [0.3, 0.4) is 0 Å². The Morgan fingerprint density at radius 1 is 1.00 bits per heavy atom. The molecule has 3 aromatic carbocycles. The molecule has 0 saturated heterocycles. The second kappa shape index (κ2) is 10.8. The van der Waals surface area contributed by atoms with E-state index in [2.05, 4.69) is 62.5 Å². The Morgan fingerprint density at radius 3 is 2.42 bits per heavy atom. The summed E-state index contributed by atoms with van der Waals surface area (Å²) in [7, 11) is 0. The Bertz CT molecular complexity index is 1690. The molecule has 1 amide bonds. The molecule has 6 nitrogen and oxygen atoms in total. The lowest BCUT2D eigenvalue weighted by atomic mass is 9.86. The predicted molar refractivity (Wildman–Crippen MR) is 158 cm³/mol. The molecule has 5 rings (SSSR count). The molecular formula is C34H31N3O3. The first-order chi connectivity index (χ1) is 19.2. The van der Waals surface area contributed by atoms with E-state index in [0.717, 1.165) is 28.8 Å². The van der Waals surface area contributed by atoms with Gasteiger partial charge in [-0.15, -0.1) is 0 Å². The molecular weight excluding hydrogens is 498 g/mol. The first kappa shape index (κ1) is 26.8. The minimum Gasteiger partial charge on any atom is -0.449 e. The number of nitrogens with zero attached hydrogens (tertiary/aromatic N) is 2. The van der Waals surface area contributed by atoms with Crippen molar-refractivity contribution in [2.75, 3.05) is 5.32 Å². The van der Waals surface area contributed by atoms with Gasteiger partial charge in [0.1, 0.15) is 6.07 Å². The largest absolute Gasteiger partial charge is 0.449 e. The number of carbonyl (C=O) groups excluding carboxylic acids is 2. The maximum atomic E-state index is 13.6. The average molecular weight is 530 g/mol. The summed E-state index contributed by atoms with van der Waals surface area (Å²) in [4.78, 5) is 31.4. The Hall–Kier alpha value is -4.76. The van der Waals surface area contributed by atoms with Gasteiger partial charge in [-0.2, -0.15) is 5.26 Å². The molecule has 6 heteroatoms. The van der Waals surface area contributed by atoms with Gasteiger partial charge in [0.25, 0.3) is 5.91 Å². The van der Waals surface area contributed by atoms with E-state index >= 15 is 0 Å². The van der Waals surface area contributed by atoms with Crippen LogP contribution in [0, 0.1) is 11.3 Å². The van der Waals surface area contributed by atoms with Crippen molar-refractivity contribution in [1.29, 1.82) is 5.26 Å². The summed E-state index contributed by atoms with van der Waals surface area (Å²) < 4.78 is 5.69. The normalized spacial score (nSPS) is 14.4. The Kier molecular flexibility index (Phi) is 7.23. The molecule has 4 aromatic rings. The molecule has 1 atom stereocenters. The fourth-order valence-electron chi connectivity index (χ4n) is 4.99. The maximum absolute atomic E-state index is 13.6. The van der Waals surface area contributed by atoms with Gasteiger partial charge in [0, 0.05) is 5.39 Å². The van der Waals surface area contributed by atoms with Crippen LogP contribution >= 0.6 is 0 Å². The van der Waals surface area contributed by atoms with Gasteiger partial charge in [0.05, 0.1) is 28.0 Å². The number of carbonyl (C=O) groups is 2. The van der Waals surface area contributed by atoms with Gasteiger partial charge in [-0.05, 0) is 71.7 Å². The second-order valence-electron chi connectivity index (χ2n) is 11.1. The number of esters is 1. The lowest BCUT2D eigenvalue weighted by Gasteiger charge is -2.18. The van der Waals surface area contributed by atoms with Gasteiger partial charge < -0.3 is 10.1 Å². The molecule has 1 aromatic heterocycles. The van der Waals surface area contributed by atoms with E-state index in [0.29, 0.717) is 34.1 Å². The highest BCUT2D eigenvalue weighted by Crippen LogP contribution is 2.38. The number of hydrogen-bond donors (Lipinski definition) is 1. The molecule has 0 saturated carbocycles. The summed E-state index contributed by atoms with van der Waals surface area (Å²) >= 11 is 0. The van der Waals surface area contributed by atoms with Crippen LogP contribution in [0.1, 0.15) is 72.4 Å². The number of para-hydroxylation sites is 2. The number of nitrogens with one attached hydrogen (secondary N) is 1. The van der Waals surface area contributed by atoms with Gasteiger partial charge >= 0.3 is 5.97 Å². The van der Waals surface area contributed by atoms with Gasteiger partial charge in [0.15, 0.2) is 6.10 Å². The molecule has 200 valence electrons. The predicted octanol–water partition coefficient (Wildman–Crippen LogP) is 7.07. The van der Waals surface area contributed by atoms with E-state index < -0.39 is 18.0 Å². The van der Waals surface area contributed by atoms with Crippen LogP contribution in [-0.4, -0.2) is 23.0 Å². The van der Waals surface area contributed by atoms with E-state index in [1.54, 1.807) is 24.3 Å². The standard InChI is InChI=1S/C34H31N3O3/c1-21(32(38)37-28-11-7-5-9-24(28)20-35)40-33(39)30-26-10-6-8-12-29(26)36-31-23(15-18-27(30)31)19-22-13-16-25(17-14-22)34(2,3)4/h5-14,16-17,19,21H,15,18H2,1-4H3,(H,37,38)/b23-19+/t21-/m0/s1. The van der Waals surface area contributed by atoms with Crippen LogP contribution in [0.15, 0.2) is 72.8 Å². The first-order valence-electron chi connectivity index (χ1n) is 13.4. The second-order valence-corrected chi connectivity index (χ2v) is 11.1. The number of hydrogen-bond acceptors (Lipinski definition) is 5.